The first-order valence-electron chi connectivity index (χ1n) is 15.7. The number of nitrogens with zero attached hydrogens (tertiary/aromatic N) is 1. The lowest BCUT2D eigenvalue weighted by Gasteiger charge is -2.53. The quantitative estimate of drug-likeness (QED) is 0.146. The van der Waals surface area contributed by atoms with Gasteiger partial charge in [-0.25, -0.2) is 4.99 Å². The normalized spacial score (nSPS) is 23.4. The van der Waals surface area contributed by atoms with E-state index in [1.807, 2.05) is 42.5 Å². The van der Waals surface area contributed by atoms with E-state index in [0.717, 1.165) is 32.3 Å². The van der Waals surface area contributed by atoms with Crippen molar-refractivity contribution in [1.29, 1.82) is 5.41 Å². The molecule has 3 unspecified atom stereocenters. The highest BCUT2D eigenvalue weighted by Crippen LogP contribution is 2.57. The molecular formula is C40H38BrN3. The molecule has 0 radical (unpaired) electrons. The fraction of sp³-hybridized carbons (Fsp3) is 0.250. The average Bonchev–Trinajstić information content (AvgIpc) is 3.04. The number of amidine groups is 2. The Kier molecular flexibility index (Phi) is 7.50. The van der Waals surface area contributed by atoms with Gasteiger partial charge in [-0.2, -0.15) is 0 Å². The molecule has 220 valence electrons. The van der Waals surface area contributed by atoms with Crippen LogP contribution < -0.4 is 5.73 Å². The van der Waals surface area contributed by atoms with Gasteiger partial charge in [0.05, 0.1) is 0 Å². The highest BCUT2D eigenvalue weighted by Gasteiger charge is 2.49. The van der Waals surface area contributed by atoms with E-state index in [9.17, 15) is 0 Å². The van der Waals surface area contributed by atoms with Gasteiger partial charge in [-0.05, 0) is 93.7 Å². The van der Waals surface area contributed by atoms with Gasteiger partial charge in [0, 0.05) is 15.6 Å². The van der Waals surface area contributed by atoms with Crippen molar-refractivity contribution in [3.63, 3.8) is 0 Å². The summed E-state index contributed by atoms with van der Waals surface area (Å²) in [6.07, 6.45) is 7.74. The first kappa shape index (κ1) is 28.7. The van der Waals surface area contributed by atoms with Crippen LogP contribution >= 0.6 is 15.9 Å². The SMILES string of the molecule is CC1(c2ccc(-c3ccc(C(=N)/N=C(\N)c4ccccc4)c4ccccc34)cc2)CC2CCCC(c3ccc(Br)cc3)(C2)C1. The predicted molar refractivity (Wildman–Crippen MR) is 188 cm³/mol. The summed E-state index contributed by atoms with van der Waals surface area (Å²) in [5, 5.41) is 10.9. The van der Waals surface area contributed by atoms with E-state index < -0.39 is 0 Å². The number of nitrogens with one attached hydrogen (secondary N) is 1. The van der Waals surface area contributed by atoms with Crippen LogP contribution in [-0.2, 0) is 10.8 Å². The molecule has 3 nitrogen and oxygen atoms in total. The second-order valence-electron chi connectivity index (χ2n) is 13.2. The van der Waals surface area contributed by atoms with Crippen molar-refractivity contribution in [2.75, 3.05) is 0 Å². The maximum absolute atomic E-state index is 8.80. The lowest BCUT2D eigenvalue weighted by molar-refractivity contribution is 0.0874. The second kappa shape index (κ2) is 11.5. The Morgan fingerprint density at radius 1 is 0.795 bits per heavy atom. The molecule has 0 aromatic heterocycles. The third kappa shape index (κ3) is 5.30. The van der Waals surface area contributed by atoms with Gasteiger partial charge in [0.15, 0.2) is 5.84 Å². The van der Waals surface area contributed by atoms with Gasteiger partial charge in [-0.3, -0.25) is 5.41 Å². The Morgan fingerprint density at radius 2 is 1.48 bits per heavy atom. The Hall–Kier alpha value is -4.02. The van der Waals surface area contributed by atoms with Crippen LogP contribution in [0.2, 0.25) is 0 Å². The van der Waals surface area contributed by atoms with Gasteiger partial charge in [0.1, 0.15) is 5.84 Å². The molecule has 3 N–H and O–H groups in total. The predicted octanol–water partition coefficient (Wildman–Crippen LogP) is 10.2. The molecule has 0 aliphatic heterocycles. The molecule has 2 bridgehead atoms. The maximum Gasteiger partial charge on any atom is 0.154 e. The molecule has 0 amide bonds. The van der Waals surface area contributed by atoms with E-state index in [4.69, 9.17) is 11.1 Å². The summed E-state index contributed by atoms with van der Waals surface area (Å²) in [6, 6.07) is 40.6. The van der Waals surface area contributed by atoms with Crippen molar-refractivity contribution < 1.29 is 0 Å². The Balaban J connectivity index is 1.20. The summed E-state index contributed by atoms with van der Waals surface area (Å²) in [5.41, 5.74) is 13.6. The number of aliphatic imine (C=N–C) groups is 1. The Morgan fingerprint density at radius 3 is 2.23 bits per heavy atom. The second-order valence-corrected chi connectivity index (χ2v) is 14.1. The number of rotatable bonds is 5. The Bertz CT molecular complexity index is 1860. The van der Waals surface area contributed by atoms with Crippen molar-refractivity contribution in [1.82, 2.24) is 0 Å². The van der Waals surface area contributed by atoms with Gasteiger partial charge in [0.2, 0.25) is 0 Å². The maximum atomic E-state index is 8.80. The van der Waals surface area contributed by atoms with E-state index in [1.54, 1.807) is 0 Å². The Labute approximate surface area is 268 Å². The highest BCUT2D eigenvalue weighted by atomic mass is 79.9. The fourth-order valence-electron chi connectivity index (χ4n) is 8.33. The molecule has 4 heteroatoms. The van der Waals surface area contributed by atoms with Crippen LogP contribution in [0.4, 0.5) is 0 Å². The molecule has 0 saturated heterocycles. The molecule has 2 aliphatic carbocycles. The van der Waals surface area contributed by atoms with Crippen molar-refractivity contribution in [2.24, 2.45) is 16.6 Å². The molecule has 0 heterocycles. The van der Waals surface area contributed by atoms with Crippen molar-refractivity contribution in [2.45, 2.75) is 56.3 Å². The van der Waals surface area contributed by atoms with E-state index in [0.29, 0.717) is 5.84 Å². The standard InChI is InChI=1S/C40H38BrN3/c1-39(24-27-8-7-23-40(25-27,26-39)31-17-19-32(41)20-18-31)30-15-13-28(14-16-30)33-21-22-36(35-12-6-5-11-34(33)35)38(43)44-37(42)29-9-3-2-4-10-29/h2-6,9-22,27H,7-8,23-26H2,1H3,(H3,42,43,44). The van der Waals surface area contributed by atoms with Crippen molar-refractivity contribution in [3.8, 4) is 11.1 Å². The molecule has 44 heavy (non-hydrogen) atoms. The third-order valence-electron chi connectivity index (χ3n) is 10.2. The molecule has 3 atom stereocenters. The third-order valence-corrected chi connectivity index (χ3v) is 10.8. The summed E-state index contributed by atoms with van der Waals surface area (Å²) in [7, 11) is 0. The first-order chi connectivity index (χ1) is 21.3. The molecule has 5 aromatic carbocycles. The minimum Gasteiger partial charge on any atom is -0.383 e. The van der Waals surface area contributed by atoms with Gasteiger partial charge in [0.25, 0.3) is 0 Å². The van der Waals surface area contributed by atoms with Crippen LogP contribution in [0.15, 0.2) is 125 Å². The molecule has 5 aromatic rings. The number of fused-ring (bicyclic) bond motifs is 3. The molecule has 2 aliphatic rings. The number of halogens is 1. The molecule has 2 fully saturated rings. The van der Waals surface area contributed by atoms with Crippen LogP contribution in [0.1, 0.15) is 67.7 Å². The topological polar surface area (TPSA) is 62.2 Å². The van der Waals surface area contributed by atoms with Gasteiger partial charge < -0.3 is 5.73 Å². The van der Waals surface area contributed by atoms with Gasteiger partial charge in [-0.15, -0.1) is 0 Å². The zero-order chi connectivity index (χ0) is 30.3. The van der Waals surface area contributed by atoms with E-state index in [1.165, 1.54) is 60.8 Å². The minimum absolute atomic E-state index is 0.145. The van der Waals surface area contributed by atoms with Gasteiger partial charge >= 0.3 is 0 Å². The van der Waals surface area contributed by atoms with Crippen molar-refractivity contribution >= 4 is 38.4 Å². The monoisotopic (exact) mass is 639 g/mol. The number of benzene rings is 5. The van der Waals surface area contributed by atoms with Crippen LogP contribution in [-0.4, -0.2) is 11.7 Å². The summed E-state index contributed by atoms with van der Waals surface area (Å²) in [6.45, 7) is 2.50. The number of hydrogen-bond donors (Lipinski definition) is 2. The highest BCUT2D eigenvalue weighted by molar-refractivity contribution is 9.10. The van der Waals surface area contributed by atoms with Crippen LogP contribution in [0, 0.1) is 11.3 Å². The molecular weight excluding hydrogens is 602 g/mol. The van der Waals surface area contributed by atoms with Gasteiger partial charge in [-0.1, -0.05) is 133 Å². The lowest BCUT2D eigenvalue weighted by Crippen LogP contribution is -2.46. The molecule has 0 spiro atoms. The van der Waals surface area contributed by atoms with E-state index in [2.05, 4.69) is 101 Å². The minimum atomic E-state index is 0.145. The molecule has 7 rings (SSSR count). The van der Waals surface area contributed by atoms with Crippen LogP contribution in [0.25, 0.3) is 21.9 Å². The van der Waals surface area contributed by atoms with E-state index in [-0.39, 0.29) is 16.7 Å². The molecule has 2 saturated carbocycles. The fourth-order valence-corrected chi connectivity index (χ4v) is 8.59. The smallest absolute Gasteiger partial charge is 0.154 e. The largest absolute Gasteiger partial charge is 0.383 e. The number of nitrogens with two attached hydrogens (primary N) is 1. The zero-order valence-corrected chi connectivity index (χ0v) is 26.8. The van der Waals surface area contributed by atoms with E-state index >= 15 is 0 Å². The summed E-state index contributed by atoms with van der Waals surface area (Å²) >= 11 is 3.64. The van der Waals surface area contributed by atoms with Crippen LogP contribution in [0.5, 0.6) is 0 Å². The first-order valence-corrected chi connectivity index (χ1v) is 16.5. The zero-order valence-electron chi connectivity index (χ0n) is 25.2. The van der Waals surface area contributed by atoms with Crippen LogP contribution in [0.3, 0.4) is 0 Å². The van der Waals surface area contributed by atoms with Crippen molar-refractivity contribution in [3.05, 3.63) is 142 Å². The summed E-state index contributed by atoms with van der Waals surface area (Å²) in [5.74, 6) is 1.29. The summed E-state index contributed by atoms with van der Waals surface area (Å²) in [4.78, 5) is 4.47. The lowest BCUT2D eigenvalue weighted by atomic mass is 9.51. The average molecular weight is 641 g/mol. The number of hydrogen-bond acceptors (Lipinski definition) is 1. The summed E-state index contributed by atoms with van der Waals surface area (Å²) < 4.78 is 1.15.